The molecule has 1 aromatic heterocycles. The summed E-state index contributed by atoms with van der Waals surface area (Å²) >= 11 is 0. The predicted molar refractivity (Wildman–Crippen MR) is 555 cm³/mol. The second kappa shape index (κ2) is 70.5. The topological polar surface area (TPSA) is 421 Å². The molecule has 1 N–H and O–H groups in total. The minimum atomic E-state index is -0.636. The van der Waals surface area contributed by atoms with E-state index in [4.69, 9.17) is 85.3 Å². The van der Waals surface area contributed by atoms with Crippen LogP contribution in [0.25, 0.3) is 22.9 Å². The Balaban J connectivity index is 0.000000288. The minimum absolute atomic E-state index is 0.0363. The van der Waals surface area contributed by atoms with Gasteiger partial charge in [0.15, 0.2) is 0 Å². The van der Waals surface area contributed by atoms with Crippen molar-refractivity contribution in [1.82, 2.24) is 10.2 Å². The van der Waals surface area contributed by atoms with Crippen LogP contribution in [0.4, 0.5) is 0 Å². The maximum absolute atomic E-state index is 12.7. The molecular formula is C116H140N2O31. The number of aromatic nitrogens is 2. The molecule has 0 bridgehead atoms. The molecule has 33 nitrogen and oxygen atoms in total. The highest BCUT2D eigenvalue weighted by atomic mass is 16.6. The maximum atomic E-state index is 12.7. The first-order valence-corrected chi connectivity index (χ1v) is 50.8. The summed E-state index contributed by atoms with van der Waals surface area (Å²) in [4.78, 5) is 143. The Morgan fingerprint density at radius 3 is 0.799 bits per heavy atom. The molecule has 1 saturated carbocycles. The Hall–Kier alpha value is -15.3. The van der Waals surface area contributed by atoms with Crippen LogP contribution >= 0.6 is 0 Å². The zero-order valence-corrected chi connectivity index (χ0v) is 86.3. The first-order valence-electron chi connectivity index (χ1n) is 50.8. The lowest BCUT2D eigenvalue weighted by Crippen LogP contribution is -2.29. The van der Waals surface area contributed by atoms with E-state index in [-0.39, 0.29) is 109 Å². The van der Waals surface area contributed by atoms with E-state index in [0.29, 0.717) is 198 Å². The lowest BCUT2D eigenvalue weighted by atomic mass is 9.95. The van der Waals surface area contributed by atoms with Crippen molar-refractivity contribution in [2.75, 3.05) is 85.9 Å². The summed E-state index contributed by atoms with van der Waals surface area (Å²) in [5, 5.41) is 16.6. The number of unbranched alkanes of at least 4 members (excludes halogenated alkanes) is 10. The largest absolute Gasteiger partial charge is 0.494 e. The van der Waals surface area contributed by atoms with E-state index in [9.17, 15) is 57.5 Å². The van der Waals surface area contributed by atoms with Crippen LogP contribution in [0.1, 0.15) is 258 Å². The van der Waals surface area contributed by atoms with E-state index >= 15 is 0 Å². The van der Waals surface area contributed by atoms with Crippen LogP contribution in [0.3, 0.4) is 0 Å². The highest BCUT2D eigenvalue weighted by Crippen LogP contribution is 2.31. The molecule has 3 unspecified atom stereocenters. The molecule has 8 aromatic carbocycles. The molecule has 0 aliphatic heterocycles. The third-order valence-corrected chi connectivity index (χ3v) is 22.8. The fourth-order valence-electron chi connectivity index (χ4n) is 13.3. The third kappa shape index (κ3) is 47.8. The average Bonchev–Trinajstić information content (AvgIpc) is 1.60. The summed E-state index contributed by atoms with van der Waals surface area (Å²) in [5.41, 5.74) is 3.59. The number of rotatable bonds is 61. The van der Waals surface area contributed by atoms with Crippen LogP contribution in [0, 0.1) is 17.8 Å². The highest BCUT2D eigenvalue weighted by molar-refractivity contribution is 5.95. The second-order valence-corrected chi connectivity index (χ2v) is 34.4. The van der Waals surface area contributed by atoms with Gasteiger partial charge in [-0.15, -0.1) is 10.2 Å². The molecule has 149 heavy (non-hydrogen) atoms. The summed E-state index contributed by atoms with van der Waals surface area (Å²) < 4.78 is 97.3. The first-order chi connectivity index (χ1) is 72.2. The van der Waals surface area contributed by atoms with Crippen molar-refractivity contribution in [3.05, 3.63) is 265 Å². The van der Waals surface area contributed by atoms with Gasteiger partial charge in [-0.1, -0.05) is 87.5 Å². The molecule has 10 rings (SSSR count). The molecule has 0 radical (unpaired) electrons. The lowest BCUT2D eigenvalue weighted by Gasteiger charge is -2.28. The number of nitrogens with zero attached hydrogens (tertiary/aromatic N) is 2. The number of benzene rings is 8. The van der Waals surface area contributed by atoms with Crippen LogP contribution < -0.4 is 37.9 Å². The smallest absolute Gasteiger partial charge is 0.343 e. The predicted octanol–water partition coefficient (Wildman–Crippen LogP) is 22.0. The van der Waals surface area contributed by atoms with Gasteiger partial charge < -0.3 is 90.1 Å². The van der Waals surface area contributed by atoms with E-state index in [2.05, 4.69) is 41.6 Å². The molecule has 0 spiro atoms. The van der Waals surface area contributed by atoms with Crippen molar-refractivity contribution in [3.8, 4) is 68.9 Å². The normalized spacial score (nSPS) is 12.7. The molecule has 1 fully saturated rings. The van der Waals surface area contributed by atoms with Gasteiger partial charge >= 0.3 is 71.6 Å². The summed E-state index contributed by atoms with van der Waals surface area (Å²) in [6.45, 7) is 28.1. The lowest BCUT2D eigenvalue weighted by molar-refractivity contribution is -0.149. The summed E-state index contributed by atoms with van der Waals surface area (Å²) in [5.74, 6) is -0.161. The van der Waals surface area contributed by atoms with Gasteiger partial charge in [0.25, 0.3) is 0 Å². The molecule has 1 aliphatic rings. The van der Waals surface area contributed by atoms with Crippen LogP contribution in [-0.4, -0.2) is 185 Å². The molecule has 3 atom stereocenters. The average molecular weight is 2060 g/mol. The van der Waals surface area contributed by atoms with Crippen molar-refractivity contribution in [3.63, 3.8) is 0 Å². The monoisotopic (exact) mass is 2060 g/mol. The van der Waals surface area contributed by atoms with E-state index in [1.165, 1.54) is 61.4 Å². The van der Waals surface area contributed by atoms with Crippen molar-refractivity contribution in [2.24, 2.45) is 17.8 Å². The summed E-state index contributed by atoms with van der Waals surface area (Å²) in [7, 11) is 0. The molecule has 33 heteroatoms. The van der Waals surface area contributed by atoms with Crippen molar-refractivity contribution >= 4 is 71.6 Å². The number of hydrogen-bond donors (Lipinski definition) is 1. The van der Waals surface area contributed by atoms with E-state index < -0.39 is 41.8 Å². The summed E-state index contributed by atoms with van der Waals surface area (Å²) in [6, 6.07) is 53.1. The maximum Gasteiger partial charge on any atom is 0.343 e. The third-order valence-electron chi connectivity index (χ3n) is 22.8. The van der Waals surface area contributed by atoms with Crippen LogP contribution in [-0.2, 0) is 71.4 Å². The number of hydrogen-bond acceptors (Lipinski definition) is 33. The number of ether oxygens (including phenoxy) is 17. The van der Waals surface area contributed by atoms with Crippen molar-refractivity contribution < 1.29 is 148 Å². The SMILES string of the molecule is C=CC(=O)OCCCCOC(=O)c1ccc(OC(=O)c2ccc(OC(=O)c3ccc(OCCCCOC(=O)C(C)CC)cc3)cc2)cc1.C=CC(=O)OCCCCOc1ccc(C(=O)Oc2ccc(-c3nnc(-c4ccc(OCCCCOC(=O)C=C)cc4)o3)cc2)cc1.CCC(C)C(=O)OCCO.CCCCCCOc1ccc(C(=O)OC2CCC(OC(=O)c3ccc(OCCCCCCOC(=O)C(C)CC)cc3)CC2)cc1. The Labute approximate surface area is 871 Å². The fourth-order valence-corrected chi connectivity index (χ4v) is 13.3. The van der Waals surface area contributed by atoms with Crippen LogP contribution in [0.5, 0.6) is 46.0 Å². The molecule has 1 heterocycles. The second-order valence-electron chi connectivity index (χ2n) is 34.4. The zero-order valence-electron chi connectivity index (χ0n) is 86.3. The first kappa shape index (κ1) is 121. The molecule has 9 aromatic rings. The van der Waals surface area contributed by atoms with E-state index in [0.717, 1.165) is 93.7 Å². The highest BCUT2D eigenvalue weighted by Gasteiger charge is 2.28. The standard InChI is InChI=1S/C37H40O11.C37H52O8.C35H34N2O9.C7H14O3/c1-4-26(3)34(39)45-24-8-6-22-43-30-16-10-28(11-17-30)36(41)48-32-20-14-29(15-21-32)37(42)47-31-18-12-27(13-19-31)35(40)46-25-9-7-23-44-33(38)5-2;1-4-6-7-10-25-41-31-17-13-29(14-18-31)36(39)44-33-21-23-34(24-22-33)45-37(40)30-15-19-32(20-16-30)42-26-11-8-9-12-27-43-35(38)28(3)5-2;1-3-31(38)43-23-7-5-21-41-28-15-9-25(10-16-28)33-36-37-34(46-33)26-11-19-30(20-12-26)45-35(40)27-13-17-29(18-14-27)42-22-6-8-24-44-32(39)4-2;1-3-6(2)7(9)10-5-4-8/h5,10-21,26H,2,4,6-9,22-25H2,1,3H3;13-20,28,33-34H,4-12,21-27H2,1-3H3;3-4,9-20H,1-2,5-8,21-24H2;6,8H,3-5H2,1-2H3. The van der Waals surface area contributed by atoms with Gasteiger partial charge in [0.05, 0.1) is 130 Å². The molecular weight excluding hydrogens is 1920 g/mol. The number of carbonyl (C=O) groups excluding carboxylic acids is 12. The number of aliphatic hydroxyl groups is 1. The van der Waals surface area contributed by atoms with Crippen LogP contribution in [0.15, 0.2) is 237 Å². The molecule has 1 aliphatic carbocycles. The van der Waals surface area contributed by atoms with Gasteiger partial charge in [-0.2, -0.15) is 0 Å². The van der Waals surface area contributed by atoms with Crippen molar-refractivity contribution in [1.29, 1.82) is 0 Å². The van der Waals surface area contributed by atoms with Gasteiger partial charge in [0, 0.05) is 29.4 Å². The van der Waals surface area contributed by atoms with Gasteiger partial charge in [0.2, 0.25) is 11.8 Å². The molecule has 800 valence electrons. The minimum Gasteiger partial charge on any atom is -0.494 e. The number of esters is 12. The molecule has 0 amide bonds. The van der Waals surface area contributed by atoms with Crippen LogP contribution in [0.2, 0.25) is 0 Å². The van der Waals surface area contributed by atoms with Gasteiger partial charge in [-0.3, -0.25) is 14.4 Å². The number of aliphatic hydroxyl groups excluding tert-OH is 1. The summed E-state index contributed by atoms with van der Waals surface area (Å²) in [6.07, 6.45) is 21.5. The Kier molecular flexibility index (Phi) is 57.1. The van der Waals surface area contributed by atoms with E-state index in [1.54, 1.807) is 116 Å². The zero-order chi connectivity index (χ0) is 108. The van der Waals surface area contributed by atoms with Gasteiger partial charge in [-0.05, 0) is 323 Å². The Bertz CT molecular complexity index is 5540. The van der Waals surface area contributed by atoms with Gasteiger partial charge in [-0.25, -0.2) is 43.2 Å². The van der Waals surface area contributed by atoms with E-state index in [1.807, 2.05) is 71.0 Å². The Morgan fingerprint density at radius 1 is 0.289 bits per heavy atom. The Morgan fingerprint density at radius 2 is 0.517 bits per heavy atom. The van der Waals surface area contributed by atoms with Gasteiger partial charge in [0.1, 0.15) is 64.8 Å². The quantitative estimate of drug-likeness (QED) is 0.0122. The number of carbonyl (C=O) groups is 12. The fraction of sp³-hybridized carbons (Fsp3) is 0.414. The van der Waals surface area contributed by atoms with Crippen molar-refractivity contribution in [2.45, 2.75) is 208 Å². The molecule has 0 saturated heterocycles.